The Kier molecular flexibility index (Phi) is 3.19. The average Bonchev–Trinajstić information content (AvgIpc) is 2.16. The number of hydrogen-bond donors (Lipinski definition) is 3. The highest BCUT2D eigenvalue weighted by atomic mass is 16.4. The van der Waals surface area contributed by atoms with Crippen LogP contribution in [0.25, 0.3) is 0 Å². The molecule has 5 heteroatoms. The minimum Gasteiger partial charge on any atom is -0.481 e. The SMILES string of the molecule is CC1CCN(C2(CC(=O)O)CNC2)CC1O. The molecule has 0 spiro atoms. The summed E-state index contributed by atoms with van der Waals surface area (Å²) in [6.45, 7) is 5.00. The summed E-state index contributed by atoms with van der Waals surface area (Å²) < 4.78 is 0. The van der Waals surface area contributed by atoms with Gasteiger partial charge in [-0.05, 0) is 18.9 Å². The molecule has 0 aromatic carbocycles. The van der Waals surface area contributed by atoms with Crippen molar-refractivity contribution < 1.29 is 15.0 Å². The van der Waals surface area contributed by atoms with Gasteiger partial charge in [0.05, 0.1) is 18.1 Å². The van der Waals surface area contributed by atoms with Crippen LogP contribution in [0.15, 0.2) is 0 Å². The number of aliphatic hydroxyl groups is 1. The highest BCUT2D eigenvalue weighted by Crippen LogP contribution is 2.30. The van der Waals surface area contributed by atoms with Gasteiger partial charge in [-0.1, -0.05) is 6.92 Å². The fourth-order valence-corrected chi connectivity index (χ4v) is 2.64. The maximum atomic E-state index is 10.9. The van der Waals surface area contributed by atoms with Crippen LogP contribution in [0.3, 0.4) is 0 Å². The molecular weight excluding hydrogens is 208 g/mol. The van der Waals surface area contributed by atoms with Crippen molar-refractivity contribution in [2.24, 2.45) is 5.92 Å². The number of β-amino-alcohol motifs (C(OH)–C–C–N with tert-alkyl or cyclic N) is 1. The summed E-state index contributed by atoms with van der Waals surface area (Å²) in [5.74, 6) is -0.430. The first-order chi connectivity index (χ1) is 7.53. The van der Waals surface area contributed by atoms with Crippen LogP contribution >= 0.6 is 0 Å². The van der Waals surface area contributed by atoms with E-state index in [0.717, 1.165) is 26.1 Å². The van der Waals surface area contributed by atoms with Crippen molar-refractivity contribution in [3.63, 3.8) is 0 Å². The third-order valence-electron chi connectivity index (χ3n) is 3.98. The molecule has 2 fully saturated rings. The molecule has 2 rings (SSSR count). The molecule has 2 heterocycles. The average molecular weight is 228 g/mol. The number of carboxylic acid groups (broad SMARTS) is 1. The number of carbonyl (C=O) groups is 1. The Labute approximate surface area is 95.4 Å². The Morgan fingerprint density at radius 3 is 2.69 bits per heavy atom. The first-order valence-electron chi connectivity index (χ1n) is 5.89. The smallest absolute Gasteiger partial charge is 0.305 e. The Bertz CT molecular complexity index is 278. The van der Waals surface area contributed by atoms with Crippen LogP contribution in [0, 0.1) is 5.92 Å². The monoisotopic (exact) mass is 228 g/mol. The second-order valence-electron chi connectivity index (χ2n) is 5.18. The van der Waals surface area contributed by atoms with Crippen molar-refractivity contribution in [3.05, 3.63) is 0 Å². The second-order valence-corrected chi connectivity index (χ2v) is 5.18. The van der Waals surface area contributed by atoms with Gasteiger partial charge < -0.3 is 15.5 Å². The van der Waals surface area contributed by atoms with Gasteiger partial charge in [-0.2, -0.15) is 0 Å². The molecule has 2 aliphatic heterocycles. The molecule has 0 aromatic heterocycles. The van der Waals surface area contributed by atoms with E-state index in [1.807, 2.05) is 6.92 Å². The standard InChI is InChI=1S/C11H20N2O3/c1-8-2-3-13(5-9(8)14)11(4-10(15)16)6-12-7-11/h8-9,12,14H,2-7H2,1H3,(H,15,16). The molecule has 92 valence electrons. The summed E-state index contributed by atoms with van der Waals surface area (Å²) in [6.07, 6.45) is 0.795. The molecule has 2 aliphatic rings. The van der Waals surface area contributed by atoms with Crippen molar-refractivity contribution in [1.29, 1.82) is 0 Å². The molecule has 2 unspecified atom stereocenters. The van der Waals surface area contributed by atoms with E-state index in [1.54, 1.807) is 0 Å². The Morgan fingerprint density at radius 2 is 2.25 bits per heavy atom. The topological polar surface area (TPSA) is 72.8 Å². The molecule has 5 nitrogen and oxygen atoms in total. The molecule has 0 radical (unpaired) electrons. The Morgan fingerprint density at radius 1 is 1.56 bits per heavy atom. The number of rotatable bonds is 3. The number of piperidine rings is 1. The number of nitrogens with one attached hydrogen (secondary N) is 1. The van der Waals surface area contributed by atoms with Crippen LogP contribution in [0.4, 0.5) is 0 Å². The van der Waals surface area contributed by atoms with E-state index >= 15 is 0 Å². The van der Waals surface area contributed by atoms with Gasteiger partial charge in [-0.3, -0.25) is 9.69 Å². The molecule has 0 aliphatic carbocycles. The van der Waals surface area contributed by atoms with Crippen molar-refractivity contribution in [2.45, 2.75) is 31.4 Å². The van der Waals surface area contributed by atoms with Crippen LogP contribution < -0.4 is 5.32 Å². The summed E-state index contributed by atoms with van der Waals surface area (Å²) in [6, 6.07) is 0. The lowest BCUT2D eigenvalue weighted by atomic mass is 9.83. The summed E-state index contributed by atoms with van der Waals surface area (Å²) in [5, 5.41) is 21.9. The Balaban J connectivity index is 2.02. The van der Waals surface area contributed by atoms with E-state index in [1.165, 1.54) is 0 Å². The van der Waals surface area contributed by atoms with E-state index in [2.05, 4.69) is 10.2 Å². The van der Waals surface area contributed by atoms with Gasteiger partial charge in [-0.25, -0.2) is 0 Å². The zero-order valence-corrected chi connectivity index (χ0v) is 9.65. The predicted molar refractivity (Wildman–Crippen MR) is 59.2 cm³/mol. The minimum absolute atomic E-state index is 0.168. The maximum Gasteiger partial charge on any atom is 0.305 e. The summed E-state index contributed by atoms with van der Waals surface area (Å²) >= 11 is 0. The molecule has 3 N–H and O–H groups in total. The van der Waals surface area contributed by atoms with Gasteiger partial charge >= 0.3 is 5.97 Å². The summed E-state index contributed by atoms with van der Waals surface area (Å²) in [5.41, 5.74) is -0.257. The number of carboxylic acids is 1. The molecule has 0 bridgehead atoms. The number of hydrogen-bond acceptors (Lipinski definition) is 4. The Hall–Kier alpha value is -0.650. The van der Waals surface area contributed by atoms with Gasteiger partial charge in [0.2, 0.25) is 0 Å². The third kappa shape index (κ3) is 2.07. The molecular formula is C11H20N2O3. The molecule has 0 amide bonds. The van der Waals surface area contributed by atoms with Crippen molar-refractivity contribution in [3.8, 4) is 0 Å². The van der Waals surface area contributed by atoms with Gasteiger partial charge in [0.25, 0.3) is 0 Å². The highest BCUT2D eigenvalue weighted by Gasteiger charge is 2.46. The first kappa shape index (κ1) is 11.8. The van der Waals surface area contributed by atoms with Gasteiger partial charge in [0, 0.05) is 19.6 Å². The van der Waals surface area contributed by atoms with E-state index in [9.17, 15) is 9.90 Å². The zero-order chi connectivity index (χ0) is 11.8. The number of nitrogens with zero attached hydrogens (tertiary/aromatic N) is 1. The number of aliphatic hydroxyl groups excluding tert-OH is 1. The fourth-order valence-electron chi connectivity index (χ4n) is 2.64. The quantitative estimate of drug-likeness (QED) is 0.607. The van der Waals surface area contributed by atoms with E-state index < -0.39 is 5.97 Å². The van der Waals surface area contributed by atoms with Crippen LogP contribution in [0.1, 0.15) is 19.8 Å². The van der Waals surface area contributed by atoms with Gasteiger partial charge in [0.1, 0.15) is 0 Å². The van der Waals surface area contributed by atoms with Crippen molar-refractivity contribution >= 4 is 5.97 Å². The lowest BCUT2D eigenvalue weighted by molar-refractivity contribution is -0.143. The van der Waals surface area contributed by atoms with Gasteiger partial charge in [-0.15, -0.1) is 0 Å². The van der Waals surface area contributed by atoms with Gasteiger partial charge in [0.15, 0.2) is 0 Å². The molecule has 0 saturated carbocycles. The normalized spacial score (nSPS) is 34.4. The van der Waals surface area contributed by atoms with E-state index in [0.29, 0.717) is 12.5 Å². The summed E-state index contributed by atoms with van der Waals surface area (Å²) in [4.78, 5) is 13.0. The van der Waals surface area contributed by atoms with E-state index in [4.69, 9.17) is 5.11 Å². The number of likely N-dealkylation sites (tertiary alicyclic amines) is 1. The molecule has 0 aromatic rings. The largest absolute Gasteiger partial charge is 0.481 e. The minimum atomic E-state index is -0.755. The molecule has 16 heavy (non-hydrogen) atoms. The summed E-state index contributed by atoms with van der Waals surface area (Å²) in [7, 11) is 0. The number of aliphatic carboxylic acids is 1. The first-order valence-corrected chi connectivity index (χ1v) is 5.89. The fraction of sp³-hybridized carbons (Fsp3) is 0.909. The van der Waals surface area contributed by atoms with Crippen LogP contribution in [-0.4, -0.2) is 58.9 Å². The van der Waals surface area contributed by atoms with E-state index in [-0.39, 0.29) is 18.1 Å². The lowest BCUT2D eigenvalue weighted by Gasteiger charge is -2.53. The highest BCUT2D eigenvalue weighted by molar-refractivity contribution is 5.68. The van der Waals surface area contributed by atoms with Crippen molar-refractivity contribution in [1.82, 2.24) is 10.2 Å². The van der Waals surface area contributed by atoms with Crippen LogP contribution in [0.2, 0.25) is 0 Å². The lowest BCUT2D eigenvalue weighted by Crippen LogP contribution is -2.71. The van der Waals surface area contributed by atoms with Crippen LogP contribution in [0.5, 0.6) is 0 Å². The predicted octanol–water partition coefficient (Wildman–Crippen LogP) is -0.494. The maximum absolute atomic E-state index is 10.9. The third-order valence-corrected chi connectivity index (χ3v) is 3.98. The molecule has 2 atom stereocenters. The van der Waals surface area contributed by atoms with Crippen molar-refractivity contribution in [2.75, 3.05) is 26.2 Å². The second kappa shape index (κ2) is 4.31. The zero-order valence-electron chi connectivity index (χ0n) is 9.65. The molecule has 2 saturated heterocycles. The van der Waals surface area contributed by atoms with Crippen LogP contribution in [-0.2, 0) is 4.79 Å².